The number of hydrogen-bond donors (Lipinski definition) is 2. The molecule has 0 aliphatic carbocycles. The molecule has 0 atom stereocenters. The molecule has 2 rings (SSSR count). The first kappa shape index (κ1) is 13.8. The summed E-state index contributed by atoms with van der Waals surface area (Å²) in [5.74, 6) is 0.0497. The minimum Gasteiger partial charge on any atom is -0.475 e. The lowest BCUT2D eigenvalue weighted by Crippen LogP contribution is -1.94. The maximum atomic E-state index is 10.9. The standard InChI is InChI=1S/C13H12ClNO3S/c1-7-4-9(18-12(7)13(16)17)6-19-11-3-2-8(14)5-10(11)15/h2-5H,6,15H2,1H3,(H,16,17). The molecule has 2 aromatic rings. The van der Waals surface area contributed by atoms with Gasteiger partial charge in [0.05, 0.1) is 5.75 Å². The summed E-state index contributed by atoms with van der Waals surface area (Å²) in [4.78, 5) is 11.8. The van der Waals surface area contributed by atoms with Crippen LogP contribution in [-0.4, -0.2) is 11.1 Å². The van der Waals surface area contributed by atoms with Crippen LogP contribution in [0.5, 0.6) is 0 Å². The maximum Gasteiger partial charge on any atom is 0.372 e. The molecule has 6 heteroatoms. The van der Waals surface area contributed by atoms with Crippen molar-refractivity contribution in [1.29, 1.82) is 0 Å². The average molecular weight is 298 g/mol. The number of carbonyl (C=O) groups is 1. The molecule has 0 aliphatic rings. The summed E-state index contributed by atoms with van der Waals surface area (Å²) in [5.41, 5.74) is 7.05. The maximum absolute atomic E-state index is 10.9. The van der Waals surface area contributed by atoms with Crippen molar-refractivity contribution in [2.24, 2.45) is 0 Å². The predicted octanol–water partition coefficient (Wildman–Crippen LogP) is 3.81. The van der Waals surface area contributed by atoms with Crippen molar-refractivity contribution in [3.05, 3.63) is 46.4 Å². The molecule has 1 aromatic carbocycles. The van der Waals surface area contributed by atoms with E-state index in [1.165, 1.54) is 11.8 Å². The van der Waals surface area contributed by atoms with Gasteiger partial charge in [-0.3, -0.25) is 0 Å². The fourth-order valence-corrected chi connectivity index (χ4v) is 2.64. The second-order valence-corrected chi connectivity index (χ2v) is 5.45. The third kappa shape index (κ3) is 3.24. The third-order valence-electron chi connectivity index (χ3n) is 2.50. The van der Waals surface area contributed by atoms with Crippen LogP contribution in [0.3, 0.4) is 0 Å². The predicted molar refractivity (Wildman–Crippen MR) is 75.8 cm³/mol. The Labute approximate surface area is 119 Å². The minimum atomic E-state index is -1.06. The summed E-state index contributed by atoms with van der Waals surface area (Å²) in [6.45, 7) is 1.71. The molecule has 0 spiro atoms. The molecule has 0 aliphatic heterocycles. The van der Waals surface area contributed by atoms with Crippen LogP contribution in [0.2, 0.25) is 5.02 Å². The van der Waals surface area contributed by atoms with Crippen molar-refractivity contribution >= 4 is 35.0 Å². The van der Waals surface area contributed by atoms with Gasteiger partial charge in [0.2, 0.25) is 5.76 Å². The topological polar surface area (TPSA) is 76.5 Å². The van der Waals surface area contributed by atoms with Crippen LogP contribution >= 0.6 is 23.4 Å². The summed E-state index contributed by atoms with van der Waals surface area (Å²) in [7, 11) is 0. The van der Waals surface area contributed by atoms with E-state index in [0.717, 1.165) is 4.90 Å². The second kappa shape index (κ2) is 5.59. The van der Waals surface area contributed by atoms with Crippen LogP contribution in [0.15, 0.2) is 33.6 Å². The SMILES string of the molecule is Cc1cc(CSc2ccc(Cl)cc2N)oc1C(=O)O. The Kier molecular flexibility index (Phi) is 4.07. The molecular weight excluding hydrogens is 286 g/mol. The Morgan fingerprint density at radius 2 is 2.21 bits per heavy atom. The number of aromatic carboxylic acids is 1. The van der Waals surface area contributed by atoms with Gasteiger partial charge in [-0.05, 0) is 31.2 Å². The van der Waals surface area contributed by atoms with Crippen molar-refractivity contribution < 1.29 is 14.3 Å². The molecule has 1 aromatic heterocycles. The lowest BCUT2D eigenvalue weighted by molar-refractivity contribution is 0.0659. The number of nitrogen functional groups attached to an aromatic ring is 1. The summed E-state index contributed by atoms with van der Waals surface area (Å²) in [5, 5.41) is 9.49. The van der Waals surface area contributed by atoms with Crippen LogP contribution < -0.4 is 5.73 Å². The number of anilines is 1. The van der Waals surface area contributed by atoms with Crippen LogP contribution in [0, 0.1) is 6.92 Å². The summed E-state index contributed by atoms with van der Waals surface area (Å²) < 4.78 is 5.27. The summed E-state index contributed by atoms with van der Waals surface area (Å²) in [6.07, 6.45) is 0. The van der Waals surface area contributed by atoms with E-state index in [1.54, 1.807) is 25.1 Å². The van der Waals surface area contributed by atoms with E-state index in [-0.39, 0.29) is 5.76 Å². The van der Waals surface area contributed by atoms with E-state index in [0.29, 0.717) is 27.8 Å². The van der Waals surface area contributed by atoms with Crippen molar-refractivity contribution in [1.82, 2.24) is 0 Å². The molecule has 0 unspecified atom stereocenters. The molecule has 19 heavy (non-hydrogen) atoms. The van der Waals surface area contributed by atoms with Crippen LogP contribution in [-0.2, 0) is 5.75 Å². The van der Waals surface area contributed by atoms with Gasteiger partial charge in [-0.1, -0.05) is 11.6 Å². The number of carboxylic acid groups (broad SMARTS) is 1. The molecule has 3 N–H and O–H groups in total. The number of nitrogens with two attached hydrogens (primary N) is 1. The third-order valence-corrected chi connectivity index (χ3v) is 3.85. The van der Waals surface area contributed by atoms with Gasteiger partial charge in [-0.25, -0.2) is 4.79 Å². The highest BCUT2D eigenvalue weighted by Crippen LogP contribution is 2.31. The van der Waals surface area contributed by atoms with Gasteiger partial charge < -0.3 is 15.3 Å². The molecular formula is C13H12ClNO3S. The molecule has 0 fully saturated rings. The first-order valence-electron chi connectivity index (χ1n) is 5.48. The lowest BCUT2D eigenvalue weighted by atomic mass is 10.3. The largest absolute Gasteiger partial charge is 0.475 e. The minimum absolute atomic E-state index is 0.0142. The zero-order valence-electron chi connectivity index (χ0n) is 10.1. The molecule has 0 saturated carbocycles. The fourth-order valence-electron chi connectivity index (χ4n) is 1.63. The number of rotatable bonds is 4. The highest BCUT2D eigenvalue weighted by atomic mass is 35.5. The first-order valence-corrected chi connectivity index (χ1v) is 6.84. The van der Waals surface area contributed by atoms with Crippen LogP contribution in [0.4, 0.5) is 5.69 Å². The van der Waals surface area contributed by atoms with Crippen molar-refractivity contribution in [3.63, 3.8) is 0 Å². The highest BCUT2D eigenvalue weighted by Gasteiger charge is 2.14. The Hall–Kier alpha value is -1.59. The van der Waals surface area contributed by atoms with Gasteiger partial charge in [0.15, 0.2) is 0 Å². The smallest absolute Gasteiger partial charge is 0.372 e. The normalized spacial score (nSPS) is 10.6. The number of carboxylic acids is 1. The number of thioether (sulfide) groups is 1. The molecule has 0 radical (unpaired) electrons. The molecule has 100 valence electrons. The zero-order chi connectivity index (χ0) is 14.0. The summed E-state index contributed by atoms with van der Waals surface area (Å²) in [6, 6.07) is 7.00. The summed E-state index contributed by atoms with van der Waals surface area (Å²) >= 11 is 7.29. The first-order chi connectivity index (χ1) is 8.97. The molecule has 0 bridgehead atoms. The molecule has 0 saturated heterocycles. The van der Waals surface area contributed by atoms with Gasteiger partial charge in [-0.15, -0.1) is 11.8 Å². The number of furan rings is 1. The fraction of sp³-hybridized carbons (Fsp3) is 0.154. The number of hydrogen-bond acceptors (Lipinski definition) is 4. The molecule has 4 nitrogen and oxygen atoms in total. The van der Waals surface area contributed by atoms with E-state index in [1.807, 2.05) is 6.07 Å². The van der Waals surface area contributed by atoms with Crippen LogP contribution in [0.25, 0.3) is 0 Å². The van der Waals surface area contributed by atoms with Crippen molar-refractivity contribution in [3.8, 4) is 0 Å². The molecule has 1 heterocycles. The molecule has 0 amide bonds. The quantitative estimate of drug-likeness (QED) is 0.663. The monoisotopic (exact) mass is 297 g/mol. The van der Waals surface area contributed by atoms with E-state index in [2.05, 4.69) is 0 Å². The number of halogens is 1. The van der Waals surface area contributed by atoms with Gasteiger partial charge in [-0.2, -0.15) is 0 Å². The van der Waals surface area contributed by atoms with E-state index >= 15 is 0 Å². The number of aryl methyl sites for hydroxylation is 1. The Balaban J connectivity index is 2.10. The lowest BCUT2D eigenvalue weighted by Gasteiger charge is -2.04. The Morgan fingerprint density at radius 1 is 1.47 bits per heavy atom. The van der Waals surface area contributed by atoms with E-state index < -0.39 is 5.97 Å². The van der Waals surface area contributed by atoms with Gasteiger partial charge in [0.25, 0.3) is 0 Å². The van der Waals surface area contributed by atoms with Crippen LogP contribution in [0.1, 0.15) is 21.9 Å². The average Bonchev–Trinajstić information content (AvgIpc) is 2.69. The zero-order valence-corrected chi connectivity index (χ0v) is 11.7. The van der Waals surface area contributed by atoms with Crippen molar-refractivity contribution in [2.45, 2.75) is 17.6 Å². The van der Waals surface area contributed by atoms with Gasteiger partial charge >= 0.3 is 5.97 Å². The van der Waals surface area contributed by atoms with Gasteiger partial charge in [0.1, 0.15) is 5.76 Å². The van der Waals surface area contributed by atoms with Crippen molar-refractivity contribution in [2.75, 3.05) is 5.73 Å². The Morgan fingerprint density at radius 3 is 2.79 bits per heavy atom. The second-order valence-electron chi connectivity index (χ2n) is 4.00. The number of benzene rings is 1. The van der Waals surface area contributed by atoms with E-state index in [4.69, 9.17) is 26.9 Å². The highest BCUT2D eigenvalue weighted by molar-refractivity contribution is 7.98. The Bertz CT molecular complexity index is 624. The van der Waals surface area contributed by atoms with Gasteiger partial charge in [0, 0.05) is 21.2 Å². The van der Waals surface area contributed by atoms with E-state index in [9.17, 15) is 4.79 Å².